The fraction of sp³-hybridized carbons (Fsp3) is 0.333. The van der Waals surface area contributed by atoms with Gasteiger partial charge in [0.1, 0.15) is 11.6 Å². The van der Waals surface area contributed by atoms with Crippen LogP contribution in [0.4, 0.5) is 10.1 Å². The summed E-state index contributed by atoms with van der Waals surface area (Å²) < 4.78 is 13.2. The van der Waals surface area contributed by atoms with Gasteiger partial charge in [-0.2, -0.15) is 0 Å². The number of nitrogens with zero attached hydrogens (tertiary/aromatic N) is 1. The van der Waals surface area contributed by atoms with Crippen molar-refractivity contribution in [2.75, 3.05) is 11.4 Å². The van der Waals surface area contributed by atoms with Crippen molar-refractivity contribution >= 4 is 17.4 Å². The maximum atomic E-state index is 13.2. The molecule has 3 nitrogen and oxygen atoms in total. The van der Waals surface area contributed by atoms with E-state index in [9.17, 15) is 14.0 Å². The Labute approximate surface area is 92.9 Å². The van der Waals surface area contributed by atoms with E-state index in [4.69, 9.17) is 0 Å². The minimum Gasteiger partial charge on any atom is -0.311 e. The highest BCUT2D eigenvalue weighted by molar-refractivity contribution is 6.08. The molecule has 84 valence electrons. The molecule has 1 heterocycles. The molecule has 16 heavy (non-hydrogen) atoms. The fourth-order valence-electron chi connectivity index (χ4n) is 1.86. The first-order chi connectivity index (χ1) is 7.56. The molecule has 0 bridgehead atoms. The summed E-state index contributed by atoms with van der Waals surface area (Å²) in [5.74, 6) is -0.657. The topological polar surface area (TPSA) is 37.4 Å². The molecule has 0 saturated carbocycles. The van der Waals surface area contributed by atoms with Crippen molar-refractivity contribution in [2.24, 2.45) is 0 Å². The third-order valence-corrected chi connectivity index (χ3v) is 2.60. The van der Waals surface area contributed by atoms with Crippen molar-refractivity contribution in [1.29, 1.82) is 0 Å². The maximum Gasteiger partial charge on any atom is 0.234 e. The molecule has 0 aliphatic carbocycles. The summed E-state index contributed by atoms with van der Waals surface area (Å²) in [7, 11) is 0. The predicted octanol–water partition coefficient (Wildman–Crippen LogP) is 1.83. The highest BCUT2D eigenvalue weighted by Gasteiger charge is 2.25. The molecule has 0 aromatic heterocycles. The summed E-state index contributed by atoms with van der Waals surface area (Å²) >= 11 is 0. The van der Waals surface area contributed by atoms with Crippen molar-refractivity contribution < 1.29 is 14.0 Å². The normalized spacial score (nSPS) is 16.8. The summed E-state index contributed by atoms with van der Waals surface area (Å²) in [4.78, 5) is 24.1. The molecule has 1 aromatic rings. The number of hydrogen-bond acceptors (Lipinski definition) is 2. The lowest BCUT2D eigenvalue weighted by Gasteiger charge is -2.26. The molecule has 2 rings (SSSR count). The first-order valence-electron chi connectivity index (χ1n) is 5.15. The minimum absolute atomic E-state index is 0.0469. The number of aryl methyl sites for hydroxylation is 1. The quantitative estimate of drug-likeness (QED) is 0.678. The summed E-state index contributed by atoms with van der Waals surface area (Å²) in [6, 6.07) is 4.47. The number of benzene rings is 1. The second kappa shape index (κ2) is 4.04. The Morgan fingerprint density at radius 1 is 1.25 bits per heavy atom. The molecule has 1 aliphatic heterocycles. The van der Waals surface area contributed by atoms with Gasteiger partial charge in [-0.25, -0.2) is 4.39 Å². The predicted molar refractivity (Wildman–Crippen MR) is 57.7 cm³/mol. The Kier molecular flexibility index (Phi) is 2.73. The Morgan fingerprint density at radius 2 is 2.00 bits per heavy atom. The van der Waals surface area contributed by atoms with E-state index in [0.29, 0.717) is 18.7 Å². The van der Waals surface area contributed by atoms with Gasteiger partial charge < -0.3 is 4.90 Å². The fourth-order valence-corrected chi connectivity index (χ4v) is 1.86. The van der Waals surface area contributed by atoms with Crippen LogP contribution >= 0.6 is 0 Å². The van der Waals surface area contributed by atoms with E-state index in [1.807, 2.05) is 0 Å². The number of Topliss-reactive ketones (excluding diaryl/α,β-unsaturated/α-hetero) is 1. The Balaban J connectivity index is 2.30. The van der Waals surface area contributed by atoms with Gasteiger partial charge in [0.05, 0.1) is 6.42 Å². The Morgan fingerprint density at radius 3 is 2.62 bits per heavy atom. The van der Waals surface area contributed by atoms with E-state index in [1.165, 1.54) is 17.0 Å². The second-order valence-corrected chi connectivity index (χ2v) is 4.00. The molecule has 1 fully saturated rings. The second-order valence-electron chi connectivity index (χ2n) is 4.00. The molecule has 4 heteroatoms. The van der Waals surface area contributed by atoms with Gasteiger partial charge in [-0.3, -0.25) is 9.59 Å². The molecule has 1 saturated heterocycles. The number of halogens is 1. The largest absolute Gasteiger partial charge is 0.311 e. The van der Waals surface area contributed by atoms with Crippen molar-refractivity contribution in [1.82, 2.24) is 0 Å². The van der Waals surface area contributed by atoms with Gasteiger partial charge in [0.15, 0.2) is 0 Å². The minimum atomic E-state index is -0.361. The molecule has 0 radical (unpaired) electrons. The maximum absolute atomic E-state index is 13.2. The molecular formula is C12H12FNO2. The van der Waals surface area contributed by atoms with Crippen LogP contribution in [0.3, 0.4) is 0 Å². The molecule has 1 aromatic carbocycles. The third kappa shape index (κ3) is 2.10. The van der Waals surface area contributed by atoms with E-state index in [0.717, 1.165) is 5.56 Å². The van der Waals surface area contributed by atoms with Crippen molar-refractivity contribution in [2.45, 2.75) is 19.8 Å². The average molecular weight is 221 g/mol. The van der Waals surface area contributed by atoms with Crippen LogP contribution in [-0.2, 0) is 9.59 Å². The van der Waals surface area contributed by atoms with Crippen LogP contribution in [0.25, 0.3) is 0 Å². The molecule has 0 spiro atoms. The summed E-state index contributed by atoms with van der Waals surface area (Å²) in [6.07, 6.45) is 0.275. The van der Waals surface area contributed by atoms with E-state index in [1.54, 1.807) is 13.0 Å². The van der Waals surface area contributed by atoms with Gasteiger partial charge in [-0.1, -0.05) is 0 Å². The monoisotopic (exact) mass is 221 g/mol. The van der Waals surface area contributed by atoms with Crippen LogP contribution in [0.15, 0.2) is 18.2 Å². The van der Waals surface area contributed by atoms with Crippen LogP contribution in [-0.4, -0.2) is 18.2 Å². The number of piperidine rings is 1. The Hall–Kier alpha value is -1.71. The number of rotatable bonds is 1. The van der Waals surface area contributed by atoms with Gasteiger partial charge in [0.2, 0.25) is 5.91 Å². The molecule has 1 aliphatic rings. The number of amides is 1. The summed E-state index contributed by atoms with van der Waals surface area (Å²) in [5, 5.41) is 0. The zero-order chi connectivity index (χ0) is 11.7. The third-order valence-electron chi connectivity index (χ3n) is 2.60. The molecule has 0 N–H and O–H groups in total. The van der Waals surface area contributed by atoms with Gasteiger partial charge >= 0.3 is 0 Å². The smallest absolute Gasteiger partial charge is 0.234 e. The first kappa shape index (κ1) is 10.8. The van der Waals surface area contributed by atoms with Crippen LogP contribution in [0.1, 0.15) is 18.4 Å². The first-order valence-corrected chi connectivity index (χ1v) is 5.15. The number of ketones is 1. The number of anilines is 1. The highest BCUT2D eigenvalue weighted by Crippen LogP contribution is 2.22. The van der Waals surface area contributed by atoms with Gasteiger partial charge in [0, 0.05) is 18.7 Å². The lowest BCUT2D eigenvalue weighted by molar-refractivity contribution is -0.128. The van der Waals surface area contributed by atoms with Crippen molar-refractivity contribution in [3.8, 4) is 0 Å². The van der Waals surface area contributed by atoms with E-state index < -0.39 is 0 Å². The SMILES string of the molecule is Cc1cc(F)cc(N2CCC(=O)CC2=O)c1. The molecule has 1 amide bonds. The zero-order valence-corrected chi connectivity index (χ0v) is 9.00. The van der Waals surface area contributed by atoms with E-state index in [-0.39, 0.29) is 23.9 Å². The Bertz CT molecular complexity index is 436. The summed E-state index contributed by atoms with van der Waals surface area (Å²) in [5.41, 5.74) is 1.30. The van der Waals surface area contributed by atoms with E-state index in [2.05, 4.69) is 0 Å². The number of hydrogen-bond donors (Lipinski definition) is 0. The molecular weight excluding hydrogens is 209 g/mol. The van der Waals surface area contributed by atoms with Crippen LogP contribution < -0.4 is 4.90 Å². The lowest BCUT2D eigenvalue weighted by atomic mass is 10.1. The average Bonchev–Trinajstić information content (AvgIpc) is 2.15. The van der Waals surface area contributed by atoms with Crippen LogP contribution in [0.2, 0.25) is 0 Å². The molecule has 0 unspecified atom stereocenters. The van der Waals surface area contributed by atoms with Crippen LogP contribution in [0.5, 0.6) is 0 Å². The zero-order valence-electron chi connectivity index (χ0n) is 9.00. The van der Waals surface area contributed by atoms with Gasteiger partial charge in [0.25, 0.3) is 0 Å². The standard InChI is InChI=1S/C12H12FNO2/c1-8-4-9(13)6-10(5-8)14-3-2-11(15)7-12(14)16/h4-6H,2-3,7H2,1H3. The van der Waals surface area contributed by atoms with Gasteiger partial charge in [-0.05, 0) is 30.7 Å². The van der Waals surface area contributed by atoms with Crippen molar-refractivity contribution in [3.63, 3.8) is 0 Å². The van der Waals surface area contributed by atoms with Gasteiger partial charge in [-0.15, -0.1) is 0 Å². The number of carbonyl (C=O) groups is 2. The van der Waals surface area contributed by atoms with Crippen molar-refractivity contribution in [3.05, 3.63) is 29.6 Å². The van der Waals surface area contributed by atoms with E-state index >= 15 is 0 Å². The number of carbonyl (C=O) groups excluding carboxylic acids is 2. The molecule has 0 atom stereocenters. The summed E-state index contributed by atoms with van der Waals surface area (Å²) in [6.45, 7) is 2.12. The highest BCUT2D eigenvalue weighted by atomic mass is 19.1. The van der Waals surface area contributed by atoms with Crippen LogP contribution in [0, 0.1) is 12.7 Å². The lowest BCUT2D eigenvalue weighted by Crippen LogP contribution is -2.39.